The van der Waals surface area contributed by atoms with Crippen molar-refractivity contribution < 1.29 is 14.6 Å². The Morgan fingerprint density at radius 1 is 0.875 bits per heavy atom. The molecule has 1 saturated carbocycles. The third-order valence-corrected chi connectivity index (χ3v) is 6.69. The molecule has 1 unspecified atom stereocenters. The van der Waals surface area contributed by atoms with E-state index in [2.05, 4.69) is 60.4 Å². The lowest BCUT2D eigenvalue weighted by atomic mass is 9.70. The lowest BCUT2D eigenvalue weighted by Crippen LogP contribution is -2.26. The fourth-order valence-electron chi connectivity index (χ4n) is 4.34. The van der Waals surface area contributed by atoms with Crippen molar-refractivity contribution in [3.63, 3.8) is 0 Å². The van der Waals surface area contributed by atoms with E-state index in [4.69, 9.17) is 9.47 Å². The lowest BCUT2D eigenvalue weighted by molar-refractivity contribution is 0.120. The summed E-state index contributed by atoms with van der Waals surface area (Å²) in [5.74, 6) is 2.07. The van der Waals surface area contributed by atoms with E-state index in [0.29, 0.717) is 23.4 Å². The van der Waals surface area contributed by atoms with Crippen LogP contribution in [0.15, 0.2) is 60.7 Å². The fraction of sp³-hybridized carbons (Fsp3) is 0.407. The number of hydrogen-bond donors (Lipinski definition) is 1. The summed E-state index contributed by atoms with van der Waals surface area (Å²) < 4.78 is 11.9. The highest BCUT2D eigenvalue weighted by atomic mass is 16.5. The second kappa shape index (κ2) is 9.70. The smallest absolute Gasteiger partial charge is 0.238 e. The molecule has 2 aromatic carbocycles. The Morgan fingerprint density at radius 3 is 1.91 bits per heavy atom. The fourth-order valence-corrected chi connectivity index (χ4v) is 4.34. The molecule has 0 saturated heterocycles. The third-order valence-electron chi connectivity index (χ3n) is 6.69. The van der Waals surface area contributed by atoms with Crippen molar-refractivity contribution in [2.45, 2.75) is 70.5 Å². The van der Waals surface area contributed by atoms with Gasteiger partial charge in [-0.05, 0) is 80.5 Å². The van der Waals surface area contributed by atoms with Crippen LogP contribution in [0.2, 0.25) is 0 Å². The summed E-state index contributed by atoms with van der Waals surface area (Å²) >= 11 is 0. The third kappa shape index (κ3) is 4.63. The minimum absolute atomic E-state index is 0.0632. The molecule has 0 spiro atoms. The van der Waals surface area contributed by atoms with E-state index in [0.717, 1.165) is 18.6 Å². The Bertz CT molecular complexity index is 991. The number of hydrogen-bond acceptors (Lipinski definition) is 5. The molecule has 1 N–H and O–H groups in total. The van der Waals surface area contributed by atoms with E-state index in [1.165, 1.54) is 30.4 Å². The molecule has 1 aromatic heterocycles. The van der Waals surface area contributed by atoms with Gasteiger partial charge in [-0.15, -0.1) is 10.2 Å². The molecule has 0 bridgehead atoms. The van der Waals surface area contributed by atoms with Gasteiger partial charge in [-0.3, -0.25) is 0 Å². The maximum absolute atomic E-state index is 9.57. The summed E-state index contributed by atoms with van der Waals surface area (Å²) in [5, 5.41) is 17.6. The van der Waals surface area contributed by atoms with Gasteiger partial charge < -0.3 is 14.6 Å². The van der Waals surface area contributed by atoms with Crippen molar-refractivity contribution in [2.75, 3.05) is 0 Å². The van der Waals surface area contributed by atoms with E-state index in [1.54, 1.807) is 19.1 Å². The first-order valence-corrected chi connectivity index (χ1v) is 11.6. The Hall–Kier alpha value is -2.92. The van der Waals surface area contributed by atoms with Gasteiger partial charge in [0.2, 0.25) is 5.88 Å². The molecule has 3 aromatic rings. The number of benzene rings is 2. The van der Waals surface area contributed by atoms with Crippen LogP contribution in [0, 0.1) is 0 Å². The molecule has 0 aliphatic heterocycles. The highest BCUT2D eigenvalue weighted by molar-refractivity contribution is 5.43. The van der Waals surface area contributed by atoms with Gasteiger partial charge in [0, 0.05) is 11.5 Å². The predicted molar refractivity (Wildman–Crippen MR) is 125 cm³/mol. The van der Waals surface area contributed by atoms with Gasteiger partial charge in [-0.1, -0.05) is 38.1 Å². The molecule has 0 amide bonds. The molecule has 1 aliphatic rings. The van der Waals surface area contributed by atoms with Gasteiger partial charge in [0.15, 0.2) is 0 Å². The van der Waals surface area contributed by atoms with E-state index in [1.807, 2.05) is 12.1 Å². The zero-order valence-corrected chi connectivity index (χ0v) is 19.1. The van der Waals surface area contributed by atoms with Gasteiger partial charge in [0.25, 0.3) is 0 Å². The summed E-state index contributed by atoms with van der Waals surface area (Å²) in [6, 6.07) is 20.3. The van der Waals surface area contributed by atoms with Crippen LogP contribution < -0.4 is 9.47 Å². The molecule has 1 fully saturated rings. The molecule has 1 aliphatic carbocycles. The van der Waals surface area contributed by atoms with Gasteiger partial charge in [0.1, 0.15) is 11.5 Å². The van der Waals surface area contributed by atoms with Crippen LogP contribution in [0.4, 0.5) is 0 Å². The van der Waals surface area contributed by atoms with E-state index >= 15 is 0 Å². The highest BCUT2D eigenvalue weighted by Gasteiger charge is 2.31. The summed E-state index contributed by atoms with van der Waals surface area (Å²) in [6.45, 7) is 6.14. The number of aromatic nitrogens is 2. The molecule has 1 heterocycles. The van der Waals surface area contributed by atoms with E-state index in [-0.39, 0.29) is 5.41 Å². The standard InChI is InChI=1S/C27H32N2O3/c1-4-27(5-2,20-9-13-23(14-10-20)31-22-7-6-8-22)21-11-15-24(16-12-21)32-26-18-17-25(19(3)30)28-29-26/h9-19,22,30H,4-8H2,1-3H3. The quantitative estimate of drug-likeness (QED) is 0.426. The van der Waals surface area contributed by atoms with Crippen LogP contribution in [0.1, 0.15) is 75.8 Å². The van der Waals surface area contributed by atoms with Crippen LogP contribution >= 0.6 is 0 Å². The van der Waals surface area contributed by atoms with E-state index in [9.17, 15) is 5.11 Å². The second-order valence-corrected chi connectivity index (χ2v) is 8.58. The SMILES string of the molecule is CCC(CC)(c1ccc(Oc2ccc(C(C)O)nn2)cc1)c1ccc(OC2CCC2)cc1. The van der Waals surface area contributed by atoms with Crippen LogP contribution in [0.5, 0.6) is 17.4 Å². The first-order valence-electron chi connectivity index (χ1n) is 11.6. The number of nitrogens with zero attached hydrogens (tertiary/aromatic N) is 2. The average Bonchev–Trinajstić information content (AvgIpc) is 2.80. The molecular formula is C27H32N2O3. The van der Waals surface area contributed by atoms with Crippen molar-refractivity contribution in [2.24, 2.45) is 0 Å². The Kier molecular flexibility index (Phi) is 6.75. The Morgan fingerprint density at radius 2 is 1.47 bits per heavy atom. The minimum atomic E-state index is -0.647. The normalized spacial score (nSPS) is 15.1. The van der Waals surface area contributed by atoms with Crippen LogP contribution in [0.25, 0.3) is 0 Å². The number of aliphatic hydroxyl groups excluding tert-OH is 1. The van der Waals surface area contributed by atoms with Crippen LogP contribution in [-0.4, -0.2) is 21.4 Å². The first kappa shape index (κ1) is 22.3. The summed E-state index contributed by atoms with van der Waals surface area (Å²) in [6.07, 6.45) is 5.35. The zero-order valence-electron chi connectivity index (χ0n) is 19.1. The van der Waals surface area contributed by atoms with Crippen LogP contribution in [0.3, 0.4) is 0 Å². The number of rotatable bonds is 9. The summed E-state index contributed by atoms with van der Waals surface area (Å²) in [4.78, 5) is 0. The van der Waals surface area contributed by atoms with Crippen molar-refractivity contribution >= 4 is 0 Å². The van der Waals surface area contributed by atoms with Gasteiger partial charge in [-0.2, -0.15) is 0 Å². The topological polar surface area (TPSA) is 64.5 Å². The monoisotopic (exact) mass is 432 g/mol. The molecule has 5 heteroatoms. The first-order chi connectivity index (χ1) is 15.5. The van der Waals surface area contributed by atoms with Crippen LogP contribution in [-0.2, 0) is 5.41 Å². The molecule has 5 nitrogen and oxygen atoms in total. The highest BCUT2D eigenvalue weighted by Crippen LogP contribution is 2.40. The zero-order chi connectivity index (χ0) is 22.6. The van der Waals surface area contributed by atoms with Crippen molar-refractivity contribution in [3.8, 4) is 17.4 Å². The molecular weight excluding hydrogens is 400 g/mol. The minimum Gasteiger partial charge on any atom is -0.490 e. The van der Waals surface area contributed by atoms with E-state index < -0.39 is 6.10 Å². The van der Waals surface area contributed by atoms with Gasteiger partial charge in [-0.25, -0.2) is 0 Å². The van der Waals surface area contributed by atoms with Gasteiger partial charge in [0.05, 0.1) is 17.9 Å². The molecule has 32 heavy (non-hydrogen) atoms. The molecule has 1 atom stereocenters. The van der Waals surface area contributed by atoms with Gasteiger partial charge >= 0.3 is 0 Å². The average molecular weight is 433 g/mol. The van der Waals surface area contributed by atoms with Crippen molar-refractivity contribution in [3.05, 3.63) is 77.5 Å². The maximum Gasteiger partial charge on any atom is 0.238 e. The Labute approximate surface area is 190 Å². The largest absolute Gasteiger partial charge is 0.490 e. The molecule has 4 rings (SSSR count). The number of aliphatic hydroxyl groups is 1. The second-order valence-electron chi connectivity index (χ2n) is 8.58. The maximum atomic E-state index is 9.57. The number of ether oxygens (including phenoxy) is 2. The summed E-state index contributed by atoms with van der Waals surface area (Å²) in [7, 11) is 0. The van der Waals surface area contributed by atoms with Crippen molar-refractivity contribution in [1.82, 2.24) is 10.2 Å². The molecule has 168 valence electrons. The lowest BCUT2D eigenvalue weighted by Gasteiger charge is -2.34. The Balaban J connectivity index is 1.51. The predicted octanol–water partition coefficient (Wildman–Crippen LogP) is 6.36. The van der Waals surface area contributed by atoms with Crippen molar-refractivity contribution in [1.29, 1.82) is 0 Å². The molecule has 0 radical (unpaired) electrons. The summed E-state index contributed by atoms with van der Waals surface area (Å²) in [5.41, 5.74) is 3.02.